The van der Waals surface area contributed by atoms with Crippen molar-refractivity contribution in [1.82, 2.24) is 19.8 Å². The summed E-state index contributed by atoms with van der Waals surface area (Å²) in [6, 6.07) is 10.9. The molecule has 0 bridgehead atoms. The van der Waals surface area contributed by atoms with Gasteiger partial charge < -0.3 is 10.6 Å². The lowest BCUT2D eigenvalue weighted by Crippen LogP contribution is -2.48. The van der Waals surface area contributed by atoms with E-state index in [0.717, 1.165) is 27.2 Å². The molecule has 5 amide bonds. The maximum Gasteiger partial charge on any atom is 0.406 e. The molecule has 4 heterocycles. The monoisotopic (exact) mass is 576 g/mol. The summed E-state index contributed by atoms with van der Waals surface area (Å²) in [5.74, 6) is -1.20. The van der Waals surface area contributed by atoms with Crippen molar-refractivity contribution in [2.45, 2.75) is 42.8 Å². The molecule has 10 nitrogen and oxygen atoms in total. The summed E-state index contributed by atoms with van der Waals surface area (Å²) >= 11 is 0. The molecule has 0 saturated carbocycles. The molecule has 3 aromatic rings. The van der Waals surface area contributed by atoms with Gasteiger partial charge in [0.2, 0.25) is 11.8 Å². The smallest absolute Gasteiger partial charge is 0.310 e. The summed E-state index contributed by atoms with van der Waals surface area (Å²) in [5.41, 5.74) is 1.06. The lowest BCUT2D eigenvalue weighted by atomic mass is 9.79. The topological polar surface area (TPSA) is 125 Å². The molecule has 2 N–H and O–H groups in total. The van der Waals surface area contributed by atoms with E-state index >= 15 is 0 Å². The van der Waals surface area contributed by atoms with E-state index in [1.807, 2.05) is 6.07 Å². The Hall–Kier alpha value is -4.81. The Labute approximate surface area is 236 Å². The van der Waals surface area contributed by atoms with Crippen LogP contribution in [-0.4, -0.2) is 62.8 Å². The zero-order chi connectivity index (χ0) is 29.4. The van der Waals surface area contributed by atoms with Crippen LogP contribution in [0.3, 0.4) is 0 Å². The van der Waals surface area contributed by atoms with Crippen molar-refractivity contribution >= 4 is 35.4 Å². The van der Waals surface area contributed by atoms with Gasteiger partial charge in [-0.15, -0.1) is 0 Å². The number of alkyl halides is 3. The van der Waals surface area contributed by atoms with E-state index in [1.54, 1.807) is 48.8 Å². The van der Waals surface area contributed by atoms with Gasteiger partial charge in [-0.25, -0.2) is 14.8 Å². The first-order chi connectivity index (χ1) is 20.0. The van der Waals surface area contributed by atoms with Gasteiger partial charge in [-0.2, -0.15) is 13.2 Å². The molecule has 2 aliphatic heterocycles. The Balaban J connectivity index is 1.15. The highest BCUT2D eigenvalue weighted by Crippen LogP contribution is 2.48. The first kappa shape index (κ1) is 26.1. The van der Waals surface area contributed by atoms with Crippen molar-refractivity contribution < 1.29 is 32.3 Å². The number of carbonyl (C=O) groups excluding carboxylic acids is 4. The van der Waals surface area contributed by atoms with E-state index in [0.29, 0.717) is 30.6 Å². The van der Waals surface area contributed by atoms with E-state index in [4.69, 9.17) is 0 Å². The second kappa shape index (κ2) is 8.84. The van der Waals surface area contributed by atoms with E-state index in [-0.39, 0.29) is 23.0 Å². The molecule has 1 aromatic carbocycles. The Morgan fingerprint density at radius 1 is 1.00 bits per heavy atom. The number of halogens is 3. The number of hydrogen-bond acceptors (Lipinski definition) is 6. The van der Waals surface area contributed by atoms with Gasteiger partial charge in [-0.3, -0.25) is 24.2 Å². The summed E-state index contributed by atoms with van der Waals surface area (Å²) in [6.07, 6.45) is -0.416. The molecule has 2 unspecified atom stereocenters. The van der Waals surface area contributed by atoms with E-state index in [1.165, 1.54) is 0 Å². The summed E-state index contributed by atoms with van der Waals surface area (Å²) < 4.78 is 40.0. The number of urea groups is 1. The number of nitrogens with one attached hydrogen (secondary N) is 2. The van der Waals surface area contributed by atoms with Crippen LogP contribution in [0, 0.1) is 0 Å². The van der Waals surface area contributed by atoms with Crippen molar-refractivity contribution in [3.05, 3.63) is 82.7 Å². The molecule has 2 aromatic heterocycles. The highest BCUT2D eigenvalue weighted by atomic mass is 19.4. The summed E-state index contributed by atoms with van der Waals surface area (Å²) in [4.78, 5) is 62.7. The van der Waals surface area contributed by atoms with Crippen LogP contribution in [0.25, 0.3) is 0 Å². The molecular formula is C29H23F3N6O4. The largest absolute Gasteiger partial charge is 0.406 e. The third-order valence-electron chi connectivity index (χ3n) is 8.70. The van der Waals surface area contributed by atoms with Crippen LogP contribution in [0.15, 0.2) is 54.9 Å². The van der Waals surface area contributed by atoms with Crippen LogP contribution >= 0.6 is 0 Å². The number of aryl methyl sites for hydroxylation is 1. The zero-order valence-electron chi connectivity index (χ0n) is 22.0. The molecule has 1 saturated heterocycles. The van der Waals surface area contributed by atoms with Crippen molar-refractivity contribution in [3.63, 3.8) is 0 Å². The van der Waals surface area contributed by atoms with Crippen molar-refractivity contribution in [1.29, 1.82) is 0 Å². The van der Waals surface area contributed by atoms with Crippen LogP contribution in [0.4, 0.5) is 29.6 Å². The first-order valence-electron chi connectivity index (χ1n) is 13.4. The van der Waals surface area contributed by atoms with Crippen LogP contribution in [-0.2, 0) is 44.6 Å². The lowest BCUT2D eigenvalue weighted by Gasteiger charge is -2.32. The van der Waals surface area contributed by atoms with Gasteiger partial charge in [0.1, 0.15) is 24.7 Å². The number of nitrogens with zero attached hydrogens (tertiary/aromatic N) is 4. The summed E-state index contributed by atoms with van der Waals surface area (Å²) in [5, 5.41) is 5.46. The Bertz CT molecular complexity index is 1710. The van der Waals surface area contributed by atoms with E-state index in [2.05, 4.69) is 20.6 Å². The molecule has 13 heteroatoms. The standard InChI is InChI=1S/C29H23F3N6O4/c30-29(31,32)15-37-25(41)28(8-7-16-4-1-2-5-19(16)28)38(26(37)42)14-22(39)35-21-10-17-11-27(12-18(17)13-34-21)20-6-3-9-33-23(20)36-24(27)40/h1-6,9-10,13H,7-8,11-12,14-15H2,(H,33,36,40)(H,34,35,39). The van der Waals surface area contributed by atoms with Gasteiger partial charge in [0.05, 0.1) is 5.41 Å². The second-order valence-electron chi connectivity index (χ2n) is 11.1. The number of anilines is 2. The average molecular weight is 577 g/mol. The van der Waals surface area contributed by atoms with Gasteiger partial charge in [0.25, 0.3) is 5.91 Å². The van der Waals surface area contributed by atoms with Gasteiger partial charge in [0, 0.05) is 18.0 Å². The molecule has 214 valence electrons. The van der Waals surface area contributed by atoms with E-state index < -0.39 is 48.1 Å². The fourth-order valence-electron chi connectivity index (χ4n) is 6.90. The Kier molecular flexibility index (Phi) is 5.50. The van der Waals surface area contributed by atoms with Crippen molar-refractivity contribution in [2.24, 2.45) is 0 Å². The van der Waals surface area contributed by atoms with Crippen LogP contribution in [0.1, 0.15) is 34.2 Å². The molecule has 1 fully saturated rings. The highest BCUT2D eigenvalue weighted by Gasteiger charge is 2.62. The van der Waals surface area contributed by atoms with Gasteiger partial charge in [-0.05, 0) is 60.1 Å². The minimum absolute atomic E-state index is 0.0656. The van der Waals surface area contributed by atoms with Crippen LogP contribution in [0.5, 0.6) is 0 Å². The van der Waals surface area contributed by atoms with Crippen LogP contribution in [0.2, 0.25) is 0 Å². The minimum atomic E-state index is -4.80. The number of benzene rings is 1. The Morgan fingerprint density at radius 2 is 1.76 bits per heavy atom. The fourth-order valence-corrected chi connectivity index (χ4v) is 6.90. The fraction of sp³-hybridized carbons (Fsp3) is 0.310. The number of pyridine rings is 2. The quantitative estimate of drug-likeness (QED) is 0.460. The van der Waals surface area contributed by atoms with Crippen molar-refractivity contribution in [3.8, 4) is 0 Å². The summed E-state index contributed by atoms with van der Waals surface area (Å²) in [7, 11) is 0. The van der Waals surface area contributed by atoms with Gasteiger partial charge >= 0.3 is 12.2 Å². The average Bonchev–Trinajstić information content (AvgIpc) is 3.65. The third kappa shape index (κ3) is 3.72. The maximum absolute atomic E-state index is 13.5. The minimum Gasteiger partial charge on any atom is -0.310 e. The second-order valence-corrected chi connectivity index (χ2v) is 11.1. The molecule has 2 spiro atoms. The first-order valence-corrected chi connectivity index (χ1v) is 13.4. The number of hydrogen-bond donors (Lipinski definition) is 2. The normalized spacial score (nSPS) is 23.9. The van der Waals surface area contributed by atoms with Crippen molar-refractivity contribution in [2.75, 3.05) is 23.7 Å². The number of rotatable bonds is 4. The molecule has 2 aliphatic carbocycles. The number of fused-ring (bicyclic) bond motifs is 5. The SMILES string of the molecule is O=C(CN1C(=O)N(CC(F)(F)F)C(=O)C12CCc1ccccc12)Nc1cc2c(cn1)CC1(C2)C(=O)Nc2ncccc21. The van der Waals surface area contributed by atoms with Crippen LogP contribution < -0.4 is 10.6 Å². The predicted octanol–water partition coefficient (Wildman–Crippen LogP) is 3.07. The summed E-state index contributed by atoms with van der Waals surface area (Å²) in [6.45, 7) is -2.40. The van der Waals surface area contributed by atoms with Gasteiger partial charge in [-0.1, -0.05) is 30.3 Å². The molecule has 42 heavy (non-hydrogen) atoms. The molecule has 0 radical (unpaired) electrons. The molecular weight excluding hydrogens is 553 g/mol. The van der Waals surface area contributed by atoms with Gasteiger partial charge in [0.15, 0.2) is 5.54 Å². The third-order valence-corrected chi connectivity index (χ3v) is 8.70. The number of amides is 5. The zero-order valence-corrected chi connectivity index (χ0v) is 22.0. The predicted molar refractivity (Wildman–Crippen MR) is 141 cm³/mol. The van der Waals surface area contributed by atoms with E-state index in [9.17, 15) is 32.3 Å². The molecule has 4 aliphatic rings. The highest BCUT2D eigenvalue weighted by molar-refractivity contribution is 6.10. The molecule has 2 atom stereocenters. The lowest BCUT2D eigenvalue weighted by molar-refractivity contribution is -0.155. The number of aromatic nitrogens is 2. The molecule has 7 rings (SSSR count). The maximum atomic E-state index is 13.5. The number of carbonyl (C=O) groups is 4. The number of imide groups is 1. The Morgan fingerprint density at radius 3 is 2.57 bits per heavy atom.